The van der Waals surface area contributed by atoms with Gasteiger partial charge in [-0.15, -0.1) is 10.2 Å². The van der Waals surface area contributed by atoms with Crippen LogP contribution in [0.2, 0.25) is 0 Å². The molecule has 0 bridgehead atoms. The molecule has 4 aromatic heterocycles. The molecule has 1 fully saturated rings. The summed E-state index contributed by atoms with van der Waals surface area (Å²) in [6.45, 7) is 2.27. The molecule has 7 heteroatoms. The lowest BCUT2D eigenvalue weighted by molar-refractivity contribution is 0.473. The van der Waals surface area contributed by atoms with Gasteiger partial charge < -0.3 is 5.32 Å². The average molecular weight is 373 g/mol. The van der Waals surface area contributed by atoms with Gasteiger partial charge in [-0.1, -0.05) is 13.3 Å². The Morgan fingerprint density at radius 3 is 2.68 bits per heavy atom. The maximum absolute atomic E-state index is 4.46. The SMILES string of the molecule is CCC1(Cc2nnc3cc(-c4ccnc(Nc5ccnn5C)c4)ccn23)CC1. The van der Waals surface area contributed by atoms with Crippen LogP contribution in [0.1, 0.15) is 32.0 Å². The summed E-state index contributed by atoms with van der Waals surface area (Å²) in [5.74, 6) is 2.74. The van der Waals surface area contributed by atoms with E-state index in [1.165, 1.54) is 19.3 Å². The van der Waals surface area contributed by atoms with Gasteiger partial charge in [0, 0.05) is 31.9 Å². The van der Waals surface area contributed by atoms with Crippen molar-refractivity contribution in [2.75, 3.05) is 5.32 Å². The topological polar surface area (TPSA) is 72.9 Å². The summed E-state index contributed by atoms with van der Waals surface area (Å²) < 4.78 is 3.90. The van der Waals surface area contributed by atoms with E-state index < -0.39 is 0 Å². The van der Waals surface area contributed by atoms with E-state index in [1.807, 2.05) is 31.4 Å². The number of aryl methyl sites for hydroxylation is 1. The van der Waals surface area contributed by atoms with Crippen LogP contribution in [0.15, 0.2) is 48.9 Å². The van der Waals surface area contributed by atoms with Gasteiger partial charge in [0.1, 0.15) is 17.5 Å². The lowest BCUT2D eigenvalue weighted by atomic mass is 9.99. The second-order valence-electron chi connectivity index (χ2n) is 7.68. The van der Waals surface area contributed by atoms with E-state index in [0.29, 0.717) is 5.41 Å². The second kappa shape index (κ2) is 6.44. The average Bonchev–Trinajstić information content (AvgIpc) is 3.22. The van der Waals surface area contributed by atoms with Crippen LogP contribution in [-0.2, 0) is 13.5 Å². The predicted molar refractivity (Wildman–Crippen MR) is 108 cm³/mol. The molecule has 1 N–H and O–H groups in total. The fraction of sp³-hybridized carbons (Fsp3) is 0.333. The number of nitrogens with zero attached hydrogens (tertiary/aromatic N) is 6. The third-order valence-corrected chi connectivity index (χ3v) is 5.89. The predicted octanol–water partition coefficient (Wildman–Crippen LogP) is 4.00. The quantitative estimate of drug-likeness (QED) is 0.553. The van der Waals surface area contributed by atoms with E-state index >= 15 is 0 Å². The van der Waals surface area contributed by atoms with Gasteiger partial charge >= 0.3 is 0 Å². The maximum Gasteiger partial charge on any atom is 0.161 e. The van der Waals surface area contributed by atoms with Gasteiger partial charge in [0.15, 0.2) is 5.65 Å². The Kier molecular flexibility index (Phi) is 3.89. The van der Waals surface area contributed by atoms with Crippen LogP contribution in [0.25, 0.3) is 16.8 Å². The normalized spacial score (nSPS) is 15.1. The minimum Gasteiger partial charge on any atom is -0.325 e. The molecule has 7 nitrogen and oxygen atoms in total. The second-order valence-corrected chi connectivity index (χ2v) is 7.68. The molecule has 1 aliphatic carbocycles. The Hall–Kier alpha value is -3.22. The summed E-state index contributed by atoms with van der Waals surface area (Å²) >= 11 is 0. The first kappa shape index (κ1) is 16.9. The van der Waals surface area contributed by atoms with E-state index in [2.05, 4.69) is 55.3 Å². The summed E-state index contributed by atoms with van der Waals surface area (Å²) in [7, 11) is 1.90. The van der Waals surface area contributed by atoms with Crippen molar-refractivity contribution in [2.24, 2.45) is 12.5 Å². The van der Waals surface area contributed by atoms with Crippen LogP contribution in [0.5, 0.6) is 0 Å². The highest BCUT2D eigenvalue weighted by atomic mass is 15.3. The van der Waals surface area contributed by atoms with Crippen LogP contribution in [0.4, 0.5) is 11.6 Å². The van der Waals surface area contributed by atoms with Gasteiger partial charge in [-0.3, -0.25) is 9.08 Å². The minimum atomic E-state index is 0.457. The van der Waals surface area contributed by atoms with Crippen LogP contribution in [0.3, 0.4) is 0 Å². The highest BCUT2D eigenvalue weighted by Gasteiger charge is 2.41. The number of pyridine rings is 2. The minimum absolute atomic E-state index is 0.457. The number of hydrogen-bond donors (Lipinski definition) is 1. The Morgan fingerprint density at radius 1 is 1.07 bits per heavy atom. The Bertz CT molecular complexity index is 1140. The van der Waals surface area contributed by atoms with Crippen LogP contribution < -0.4 is 5.32 Å². The molecule has 0 aliphatic heterocycles. The maximum atomic E-state index is 4.46. The van der Waals surface area contributed by atoms with Crippen molar-refractivity contribution in [1.82, 2.24) is 29.4 Å². The highest BCUT2D eigenvalue weighted by Crippen LogP contribution is 2.50. The number of fused-ring (bicyclic) bond motifs is 1. The van der Waals surface area contributed by atoms with E-state index in [1.54, 1.807) is 10.9 Å². The number of nitrogens with one attached hydrogen (secondary N) is 1. The third-order valence-electron chi connectivity index (χ3n) is 5.89. The molecule has 0 spiro atoms. The largest absolute Gasteiger partial charge is 0.325 e. The first-order valence-corrected chi connectivity index (χ1v) is 9.71. The molecule has 4 heterocycles. The van der Waals surface area contributed by atoms with Gasteiger partial charge in [0.25, 0.3) is 0 Å². The van der Waals surface area contributed by atoms with Crippen molar-refractivity contribution in [3.05, 3.63) is 54.7 Å². The van der Waals surface area contributed by atoms with Crippen LogP contribution >= 0.6 is 0 Å². The molecular weight excluding hydrogens is 350 g/mol. The van der Waals surface area contributed by atoms with Crippen LogP contribution in [-0.4, -0.2) is 29.4 Å². The van der Waals surface area contributed by atoms with Gasteiger partial charge in [-0.05, 0) is 53.6 Å². The molecule has 1 aliphatic rings. The fourth-order valence-electron chi connectivity index (χ4n) is 3.71. The molecule has 28 heavy (non-hydrogen) atoms. The van der Waals surface area contributed by atoms with E-state index in [0.717, 1.165) is 40.7 Å². The Labute approximate surface area is 163 Å². The van der Waals surface area contributed by atoms with Crippen molar-refractivity contribution in [2.45, 2.75) is 32.6 Å². The summed E-state index contributed by atoms with van der Waals surface area (Å²) in [5, 5.41) is 16.3. The molecule has 0 aromatic carbocycles. The van der Waals surface area contributed by atoms with Gasteiger partial charge in [-0.25, -0.2) is 4.98 Å². The zero-order valence-electron chi connectivity index (χ0n) is 16.1. The van der Waals surface area contributed by atoms with Crippen LogP contribution in [0, 0.1) is 5.41 Å². The summed E-state index contributed by atoms with van der Waals surface area (Å²) in [4.78, 5) is 4.42. The van der Waals surface area contributed by atoms with Crippen molar-refractivity contribution in [3.63, 3.8) is 0 Å². The standard InChI is InChI=1S/C21H23N7/c1-3-21(7-8-21)14-20-26-25-19-13-16(6-11-28(19)20)15-4-9-22-17(12-15)24-18-5-10-23-27(18)2/h4-6,9-13H,3,7-8,14H2,1-2H3,(H,22,24). The highest BCUT2D eigenvalue weighted by molar-refractivity contribution is 5.70. The molecular formula is C21H23N7. The molecule has 4 aromatic rings. The first-order valence-electron chi connectivity index (χ1n) is 9.71. The van der Waals surface area contributed by atoms with E-state index in [-0.39, 0.29) is 0 Å². The first-order chi connectivity index (χ1) is 13.7. The number of hydrogen-bond acceptors (Lipinski definition) is 5. The van der Waals surface area contributed by atoms with Gasteiger partial charge in [0.2, 0.25) is 0 Å². The monoisotopic (exact) mass is 373 g/mol. The smallest absolute Gasteiger partial charge is 0.161 e. The van der Waals surface area contributed by atoms with Crippen molar-refractivity contribution < 1.29 is 0 Å². The molecule has 0 radical (unpaired) electrons. The molecule has 0 amide bonds. The zero-order chi connectivity index (χ0) is 19.1. The molecule has 0 unspecified atom stereocenters. The van der Waals surface area contributed by atoms with E-state index in [4.69, 9.17) is 0 Å². The lowest BCUT2D eigenvalue weighted by Gasteiger charge is -2.11. The summed E-state index contributed by atoms with van der Waals surface area (Å²) in [5.41, 5.74) is 3.52. The molecule has 1 saturated carbocycles. The third kappa shape index (κ3) is 3.02. The molecule has 142 valence electrons. The van der Waals surface area contributed by atoms with E-state index in [9.17, 15) is 0 Å². The summed E-state index contributed by atoms with van der Waals surface area (Å²) in [6.07, 6.45) is 10.5. The Balaban J connectivity index is 1.43. The zero-order valence-corrected chi connectivity index (χ0v) is 16.1. The van der Waals surface area contributed by atoms with Crippen molar-refractivity contribution in [1.29, 1.82) is 0 Å². The molecule has 0 saturated heterocycles. The number of anilines is 2. The number of rotatable bonds is 6. The van der Waals surface area contributed by atoms with Gasteiger partial charge in [-0.2, -0.15) is 5.10 Å². The molecule has 0 atom stereocenters. The number of aromatic nitrogens is 6. The molecule has 5 rings (SSSR count). The van der Waals surface area contributed by atoms with Crippen molar-refractivity contribution >= 4 is 17.3 Å². The van der Waals surface area contributed by atoms with Gasteiger partial charge in [0.05, 0.1) is 6.20 Å². The summed E-state index contributed by atoms with van der Waals surface area (Å²) in [6, 6.07) is 10.2. The fourth-order valence-corrected chi connectivity index (χ4v) is 3.71. The lowest BCUT2D eigenvalue weighted by Crippen LogP contribution is -2.06. The Morgan fingerprint density at radius 2 is 1.93 bits per heavy atom. The van der Waals surface area contributed by atoms with Crippen molar-refractivity contribution in [3.8, 4) is 11.1 Å².